The summed E-state index contributed by atoms with van der Waals surface area (Å²) < 4.78 is 85.3. The molecule has 0 unspecified atom stereocenters. The minimum absolute atomic E-state index is 0.0391. The average molecular weight is 1100 g/mol. The minimum Gasteiger partial charge on any atom is -0.399 e. The van der Waals surface area contributed by atoms with Crippen molar-refractivity contribution in [2.24, 2.45) is 16.2 Å². The number of benzene rings is 5. The van der Waals surface area contributed by atoms with Gasteiger partial charge in [0.2, 0.25) is 0 Å². The summed E-state index contributed by atoms with van der Waals surface area (Å²) in [4.78, 5) is 8.71. The maximum Gasteiger partial charge on any atom is 0.298 e. The lowest BCUT2D eigenvalue weighted by atomic mass is 10.0. The molecule has 0 N–H and O–H groups in total. The molecule has 11 nitrogen and oxygen atoms in total. The smallest absolute Gasteiger partial charge is 0.298 e. The highest BCUT2D eigenvalue weighted by atomic mass is 35.5. The van der Waals surface area contributed by atoms with E-state index in [-0.39, 0.29) is 40.8 Å². The van der Waals surface area contributed by atoms with Crippen LogP contribution >= 0.6 is 81.2 Å². The zero-order chi connectivity index (χ0) is 49.6. The number of oxime groups is 2. The highest BCUT2D eigenvalue weighted by Crippen LogP contribution is 2.34. The van der Waals surface area contributed by atoms with Gasteiger partial charge in [-0.3, -0.25) is 4.18 Å². The van der Waals surface area contributed by atoms with Gasteiger partial charge in [-0.25, -0.2) is 8.78 Å². The summed E-state index contributed by atoms with van der Waals surface area (Å²) in [5.74, 6) is -0.210. The number of hydrogen-bond donors (Lipinski definition) is 0. The summed E-state index contributed by atoms with van der Waals surface area (Å²) in [5, 5.41) is 9.05. The molecule has 0 saturated heterocycles. The molecule has 5 rings (SSSR count). The highest BCUT2D eigenvalue weighted by molar-refractivity contribution is 7.87. The standard InChI is InChI=1S/C26H23Cl5FNO6S.C21H24Cl2FNO3/c1-36-33-12-23(32)26(38-14-17-4-8-19(28)9-5-17)24(15-37-13-16-2-6-18(27)7-3-16)39-40(34,35)25-11-21(30)20(29)10-22(25)31;1-15(12-27-13-16-3-7-18(22)8-4-16)21(20(24)11-25-26-2)28-14-17-5-9-19(23)10-6-17/h2-12,23-24,26H,13-15H2,1H3;3-11,15,20-21H,12-14H2,1-2H3/t23-,24-,26+;15-,20+,21+/m10/s1. The monoisotopic (exact) mass is 1100 g/mol. The maximum atomic E-state index is 15.5. The summed E-state index contributed by atoms with van der Waals surface area (Å²) >= 11 is 41.7. The van der Waals surface area contributed by atoms with Crippen LogP contribution in [0.3, 0.4) is 0 Å². The van der Waals surface area contributed by atoms with E-state index in [2.05, 4.69) is 20.0 Å². The fourth-order valence-corrected chi connectivity index (χ4v) is 8.48. The van der Waals surface area contributed by atoms with Crippen LogP contribution in [-0.4, -0.2) is 78.9 Å². The van der Waals surface area contributed by atoms with Crippen molar-refractivity contribution >= 4 is 104 Å². The Labute approximate surface area is 430 Å². The number of rotatable bonds is 25. The third-order valence-corrected chi connectivity index (χ3v) is 12.9. The second-order valence-electron chi connectivity index (χ2n) is 14.6. The van der Waals surface area contributed by atoms with Gasteiger partial charge < -0.3 is 28.6 Å². The second-order valence-corrected chi connectivity index (χ2v) is 19.1. The first-order valence-corrected chi connectivity index (χ1v) is 24.4. The van der Waals surface area contributed by atoms with Crippen molar-refractivity contribution in [3.63, 3.8) is 0 Å². The van der Waals surface area contributed by atoms with Crippen molar-refractivity contribution < 1.29 is 50.0 Å². The van der Waals surface area contributed by atoms with Crippen LogP contribution in [0, 0.1) is 5.92 Å². The van der Waals surface area contributed by atoms with Crippen molar-refractivity contribution in [1.82, 2.24) is 0 Å². The Morgan fingerprint density at radius 2 is 0.897 bits per heavy atom. The molecule has 0 amide bonds. The van der Waals surface area contributed by atoms with Crippen LogP contribution in [0.25, 0.3) is 0 Å². The van der Waals surface area contributed by atoms with Crippen LogP contribution in [0.1, 0.15) is 29.2 Å². The van der Waals surface area contributed by atoms with Gasteiger partial charge in [-0.2, -0.15) is 8.42 Å². The Morgan fingerprint density at radius 3 is 1.32 bits per heavy atom. The van der Waals surface area contributed by atoms with Gasteiger partial charge in [0.25, 0.3) is 10.1 Å². The lowest BCUT2D eigenvalue weighted by molar-refractivity contribution is -0.0854. The van der Waals surface area contributed by atoms with Crippen molar-refractivity contribution in [2.45, 2.75) is 68.9 Å². The van der Waals surface area contributed by atoms with Crippen molar-refractivity contribution in [2.75, 3.05) is 27.4 Å². The molecule has 0 bridgehead atoms. The zero-order valence-electron chi connectivity index (χ0n) is 36.6. The predicted octanol–water partition coefficient (Wildman–Crippen LogP) is 13.5. The van der Waals surface area contributed by atoms with Crippen molar-refractivity contribution in [1.29, 1.82) is 0 Å². The molecule has 5 aromatic carbocycles. The predicted molar refractivity (Wildman–Crippen MR) is 266 cm³/mol. The van der Waals surface area contributed by atoms with E-state index in [1.165, 1.54) is 14.2 Å². The van der Waals surface area contributed by atoms with E-state index in [4.69, 9.17) is 104 Å². The van der Waals surface area contributed by atoms with E-state index in [0.29, 0.717) is 38.9 Å². The first-order chi connectivity index (χ1) is 32.5. The Hall–Kier alpha value is -3.32. The summed E-state index contributed by atoms with van der Waals surface area (Å²) in [5.41, 5.74) is 3.27. The Balaban J connectivity index is 0.000000316. The van der Waals surface area contributed by atoms with Crippen LogP contribution in [0.2, 0.25) is 35.2 Å². The fourth-order valence-electron chi connectivity index (χ4n) is 5.93. The molecule has 5 aromatic rings. The van der Waals surface area contributed by atoms with Gasteiger partial charge >= 0.3 is 0 Å². The normalized spacial score (nSPS) is 14.5. The Kier molecular flexibility index (Phi) is 25.1. The van der Waals surface area contributed by atoms with Gasteiger partial charge in [-0.05, 0) is 82.9 Å². The highest BCUT2D eigenvalue weighted by Gasteiger charge is 2.37. The maximum absolute atomic E-state index is 15.5. The van der Waals surface area contributed by atoms with E-state index in [1.807, 2.05) is 31.2 Å². The van der Waals surface area contributed by atoms with E-state index >= 15 is 4.39 Å². The molecule has 0 aliphatic heterocycles. The summed E-state index contributed by atoms with van der Waals surface area (Å²) in [7, 11) is -2.03. The molecule has 368 valence electrons. The van der Waals surface area contributed by atoms with Crippen LogP contribution < -0.4 is 0 Å². The quantitative estimate of drug-likeness (QED) is 0.0243. The summed E-state index contributed by atoms with van der Waals surface area (Å²) in [6.45, 7) is 2.38. The Bertz CT molecular complexity index is 2450. The van der Waals surface area contributed by atoms with E-state index in [0.717, 1.165) is 41.3 Å². The van der Waals surface area contributed by atoms with Crippen LogP contribution in [-0.2, 0) is 69.4 Å². The number of alkyl halides is 2. The number of ether oxygens (including phenoxy) is 4. The topological polar surface area (TPSA) is 123 Å². The number of halogens is 9. The minimum atomic E-state index is -4.63. The molecule has 0 radical (unpaired) electrons. The second kappa shape index (κ2) is 29.8. The molecule has 6 atom stereocenters. The van der Waals surface area contributed by atoms with Crippen molar-refractivity contribution in [3.8, 4) is 0 Å². The van der Waals surface area contributed by atoms with Crippen molar-refractivity contribution in [3.05, 3.63) is 167 Å². The summed E-state index contributed by atoms with van der Waals surface area (Å²) in [6.07, 6.45) is -5.27. The largest absolute Gasteiger partial charge is 0.399 e. The molecule has 0 fully saturated rings. The van der Waals surface area contributed by atoms with E-state index in [9.17, 15) is 12.8 Å². The molecule has 0 spiro atoms. The lowest BCUT2D eigenvalue weighted by Gasteiger charge is -2.28. The van der Waals surface area contributed by atoms with Crippen LogP contribution in [0.5, 0.6) is 0 Å². The number of nitrogens with zero attached hydrogens (tertiary/aromatic N) is 2. The molecule has 0 saturated carbocycles. The van der Waals surface area contributed by atoms with E-state index < -0.39 is 52.3 Å². The van der Waals surface area contributed by atoms with Gasteiger partial charge in [0, 0.05) is 26.0 Å². The SMILES string of the molecule is CON=C[C@@H](F)[C@H](OCc1ccc(Cl)cc1)[C@@H](C)COCc1ccc(Cl)cc1.CON=C[C@@H](F)[C@H](OCc1ccc(Cl)cc1)[C@@H](COCc1ccc(Cl)cc1)OS(=O)(=O)c1cc(Cl)c(Cl)cc1Cl. The molecular weight excluding hydrogens is 1050 g/mol. The van der Waals surface area contributed by atoms with Gasteiger partial charge in [0.15, 0.2) is 12.3 Å². The molecule has 68 heavy (non-hydrogen) atoms. The molecule has 0 aliphatic carbocycles. The number of hydrogen-bond acceptors (Lipinski definition) is 11. The van der Waals surface area contributed by atoms with Gasteiger partial charge in [-0.1, -0.05) is 147 Å². The van der Waals surface area contributed by atoms with Gasteiger partial charge in [-0.15, -0.1) is 0 Å². The lowest BCUT2D eigenvalue weighted by Crippen LogP contribution is -2.44. The summed E-state index contributed by atoms with van der Waals surface area (Å²) in [6, 6.07) is 30.2. The third-order valence-electron chi connectivity index (χ3n) is 9.41. The molecule has 0 aromatic heterocycles. The van der Waals surface area contributed by atoms with Crippen LogP contribution in [0.4, 0.5) is 8.78 Å². The molecular formula is C47H47Cl7F2N2O9S. The van der Waals surface area contributed by atoms with E-state index in [1.54, 1.807) is 72.8 Å². The third kappa shape index (κ3) is 19.8. The van der Waals surface area contributed by atoms with Crippen LogP contribution in [0.15, 0.2) is 124 Å². The molecule has 0 aliphatic rings. The fraction of sp³-hybridized carbons (Fsp3) is 0.319. The first kappa shape index (κ1) is 57.3. The first-order valence-electron chi connectivity index (χ1n) is 20.3. The molecule has 0 heterocycles. The van der Waals surface area contributed by atoms with Gasteiger partial charge in [0.1, 0.15) is 31.3 Å². The average Bonchev–Trinajstić information content (AvgIpc) is 3.31. The zero-order valence-corrected chi connectivity index (χ0v) is 42.7. The van der Waals surface area contributed by atoms with Gasteiger partial charge in [0.05, 0.1) is 73.2 Å². The Morgan fingerprint density at radius 1 is 0.529 bits per heavy atom. The molecule has 21 heteroatoms.